The van der Waals surface area contributed by atoms with E-state index in [1.165, 1.54) is 0 Å². The van der Waals surface area contributed by atoms with Gasteiger partial charge in [-0.1, -0.05) is 25.5 Å². The van der Waals surface area contributed by atoms with Gasteiger partial charge < -0.3 is 20.3 Å². The van der Waals surface area contributed by atoms with Crippen LogP contribution < -0.4 is 5.32 Å². The van der Waals surface area contributed by atoms with Gasteiger partial charge in [-0.2, -0.15) is 0 Å². The van der Waals surface area contributed by atoms with Crippen LogP contribution in [0.3, 0.4) is 0 Å². The van der Waals surface area contributed by atoms with Gasteiger partial charge in [-0.25, -0.2) is 4.79 Å². The van der Waals surface area contributed by atoms with E-state index >= 15 is 0 Å². The van der Waals surface area contributed by atoms with E-state index in [-0.39, 0.29) is 12.4 Å². The molecule has 1 unspecified atom stereocenters. The van der Waals surface area contributed by atoms with Gasteiger partial charge >= 0.3 is 6.09 Å². The van der Waals surface area contributed by atoms with Crippen molar-refractivity contribution >= 4 is 6.09 Å². The van der Waals surface area contributed by atoms with Gasteiger partial charge in [0.1, 0.15) is 11.4 Å². The molecule has 0 saturated carbocycles. The average Bonchev–Trinajstić information content (AvgIpc) is 2.43. The summed E-state index contributed by atoms with van der Waals surface area (Å²) >= 11 is 0. The summed E-state index contributed by atoms with van der Waals surface area (Å²) in [7, 11) is 0. The summed E-state index contributed by atoms with van der Waals surface area (Å²) in [6.45, 7) is 7.74. The molecule has 5 nitrogen and oxygen atoms in total. The number of hydrogen-bond donors (Lipinski definition) is 3. The molecule has 0 aliphatic heterocycles. The smallest absolute Gasteiger partial charge is 0.407 e. The molecule has 23 heavy (non-hydrogen) atoms. The summed E-state index contributed by atoms with van der Waals surface area (Å²) in [5.74, 6) is 0.200. The number of benzene rings is 1. The second-order valence-electron chi connectivity index (χ2n) is 7.11. The summed E-state index contributed by atoms with van der Waals surface area (Å²) in [6.07, 6.45) is 1.73. The van der Waals surface area contributed by atoms with Crippen LogP contribution in [0.5, 0.6) is 5.75 Å². The van der Waals surface area contributed by atoms with E-state index in [2.05, 4.69) is 5.32 Å². The van der Waals surface area contributed by atoms with Crippen molar-refractivity contribution in [2.45, 2.75) is 52.6 Å². The second kappa shape index (κ2) is 8.20. The molecule has 1 aromatic rings. The molecule has 0 spiro atoms. The summed E-state index contributed by atoms with van der Waals surface area (Å²) in [5.41, 5.74) is -0.0973. The molecular formula is C18H29NO4. The van der Waals surface area contributed by atoms with Crippen molar-refractivity contribution in [3.63, 3.8) is 0 Å². The van der Waals surface area contributed by atoms with Crippen LogP contribution in [0.1, 0.15) is 46.1 Å². The molecule has 0 aliphatic carbocycles. The molecule has 130 valence electrons. The molecule has 0 aliphatic rings. The Morgan fingerprint density at radius 1 is 1.30 bits per heavy atom. The van der Waals surface area contributed by atoms with E-state index in [1.54, 1.807) is 18.2 Å². The number of alkyl carbamates (subject to hydrolysis) is 1. The number of aliphatic hydroxyl groups excluding tert-OH is 1. The first-order valence-corrected chi connectivity index (χ1v) is 8.05. The topological polar surface area (TPSA) is 78.8 Å². The van der Waals surface area contributed by atoms with Gasteiger partial charge in [-0.3, -0.25) is 0 Å². The monoisotopic (exact) mass is 323 g/mol. The highest BCUT2D eigenvalue weighted by Crippen LogP contribution is 2.29. The third kappa shape index (κ3) is 6.91. The largest absolute Gasteiger partial charge is 0.508 e. The number of aromatic hydroxyl groups is 1. The minimum absolute atomic E-state index is 0.0493. The molecule has 1 rings (SSSR count). The Morgan fingerprint density at radius 2 is 2.00 bits per heavy atom. The zero-order chi connectivity index (χ0) is 17.5. The fraction of sp³-hybridized carbons (Fsp3) is 0.611. The molecule has 0 heterocycles. The average molecular weight is 323 g/mol. The number of phenolic OH excluding ortho intramolecular Hbond substituents is 1. The Bertz CT molecular complexity index is 510. The highest BCUT2D eigenvalue weighted by atomic mass is 16.6. The van der Waals surface area contributed by atoms with Crippen LogP contribution in [0.4, 0.5) is 4.79 Å². The van der Waals surface area contributed by atoms with Crippen LogP contribution in [-0.4, -0.2) is 35.1 Å². The van der Waals surface area contributed by atoms with E-state index in [0.29, 0.717) is 13.0 Å². The van der Waals surface area contributed by atoms with Gasteiger partial charge in [0.2, 0.25) is 0 Å². The predicted octanol–water partition coefficient (Wildman–Crippen LogP) is 3.24. The number of hydrogen-bond acceptors (Lipinski definition) is 4. The lowest BCUT2D eigenvalue weighted by Crippen LogP contribution is -2.43. The maximum absolute atomic E-state index is 11.9. The Balaban J connectivity index is 2.79. The van der Waals surface area contributed by atoms with Crippen molar-refractivity contribution in [2.75, 3.05) is 13.2 Å². The summed E-state index contributed by atoms with van der Waals surface area (Å²) < 4.78 is 5.25. The molecule has 0 radical (unpaired) electrons. The number of nitrogens with one attached hydrogen (secondary N) is 1. The fourth-order valence-corrected chi connectivity index (χ4v) is 2.63. The van der Waals surface area contributed by atoms with E-state index in [4.69, 9.17) is 4.74 Å². The lowest BCUT2D eigenvalue weighted by Gasteiger charge is -2.32. The van der Waals surface area contributed by atoms with Gasteiger partial charge in [0, 0.05) is 12.0 Å². The number of rotatable bonds is 7. The number of ether oxygens (including phenoxy) is 1. The number of carbonyl (C=O) groups excluding carboxylic acids is 1. The lowest BCUT2D eigenvalue weighted by molar-refractivity contribution is 0.0455. The Labute approximate surface area is 138 Å². The number of carbonyl (C=O) groups is 1. The third-order valence-electron chi connectivity index (χ3n) is 3.61. The van der Waals surface area contributed by atoms with Crippen LogP contribution in [0, 0.1) is 5.41 Å². The van der Waals surface area contributed by atoms with E-state index in [1.807, 2.05) is 33.8 Å². The highest BCUT2D eigenvalue weighted by Gasteiger charge is 2.30. The third-order valence-corrected chi connectivity index (χ3v) is 3.61. The Morgan fingerprint density at radius 3 is 2.52 bits per heavy atom. The second-order valence-corrected chi connectivity index (χ2v) is 7.11. The first-order chi connectivity index (χ1) is 10.7. The van der Waals surface area contributed by atoms with Crippen molar-refractivity contribution in [3.05, 3.63) is 29.8 Å². The van der Waals surface area contributed by atoms with Gasteiger partial charge in [0.25, 0.3) is 0 Å². The van der Waals surface area contributed by atoms with Crippen LogP contribution in [0.15, 0.2) is 24.3 Å². The van der Waals surface area contributed by atoms with Crippen molar-refractivity contribution in [2.24, 2.45) is 5.41 Å². The zero-order valence-electron chi connectivity index (χ0n) is 14.6. The van der Waals surface area contributed by atoms with Crippen molar-refractivity contribution in [1.82, 2.24) is 5.32 Å². The maximum Gasteiger partial charge on any atom is 0.407 e. The summed E-state index contributed by atoms with van der Waals surface area (Å²) in [5, 5.41) is 22.3. The first-order valence-electron chi connectivity index (χ1n) is 8.05. The zero-order valence-corrected chi connectivity index (χ0v) is 14.6. The normalized spacial score (nSPS) is 14.1. The molecule has 0 aromatic heterocycles. The predicted molar refractivity (Wildman–Crippen MR) is 90.5 cm³/mol. The van der Waals surface area contributed by atoms with Crippen LogP contribution in [0.25, 0.3) is 0 Å². The first kappa shape index (κ1) is 19.3. The Kier molecular flexibility index (Phi) is 6.88. The van der Waals surface area contributed by atoms with Crippen molar-refractivity contribution in [3.8, 4) is 5.75 Å². The molecule has 1 aromatic carbocycles. The molecule has 5 heteroatoms. The molecular weight excluding hydrogens is 294 g/mol. The molecule has 0 bridgehead atoms. The number of aliphatic hydroxyl groups is 1. The van der Waals surface area contributed by atoms with E-state index in [0.717, 1.165) is 18.4 Å². The number of phenols is 1. The van der Waals surface area contributed by atoms with E-state index in [9.17, 15) is 15.0 Å². The fourth-order valence-electron chi connectivity index (χ4n) is 2.63. The van der Waals surface area contributed by atoms with Gasteiger partial charge in [0.15, 0.2) is 0 Å². The maximum atomic E-state index is 11.9. The van der Waals surface area contributed by atoms with Gasteiger partial charge in [0.05, 0.1) is 6.61 Å². The molecule has 1 amide bonds. The van der Waals surface area contributed by atoms with Crippen molar-refractivity contribution in [1.29, 1.82) is 0 Å². The standard InChI is InChI=1S/C18H29NO4/c1-5-9-18(13-20,11-14-7-6-8-15(21)10-14)12-19-16(22)23-17(2,3)4/h6-8,10,20-21H,5,9,11-13H2,1-4H3,(H,19,22). The van der Waals surface area contributed by atoms with Gasteiger partial charge in [-0.05, 0) is 51.3 Å². The molecule has 0 saturated heterocycles. The van der Waals surface area contributed by atoms with Crippen LogP contribution in [-0.2, 0) is 11.2 Å². The summed E-state index contributed by atoms with van der Waals surface area (Å²) in [6, 6.07) is 6.99. The quantitative estimate of drug-likeness (QED) is 0.720. The van der Waals surface area contributed by atoms with Crippen molar-refractivity contribution < 1.29 is 19.7 Å². The van der Waals surface area contributed by atoms with Crippen LogP contribution >= 0.6 is 0 Å². The molecule has 3 N–H and O–H groups in total. The molecule has 1 atom stereocenters. The van der Waals surface area contributed by atoms with Gasteiger partial charge in [-0.15, -0.1) is 0 Å². The molecule has 0 fully saturated rings. The SMILES string of the molecule is CCCC(CO)(CNC(=O)OC(C)(C)C)Cc1cccc(O)c1. The van der Waals surface area contributed by atoms with Crippen LogP contribution in [0.2, 0.25) is 0 Å². The number of amides is 1. The lowest BCUT2D eigenvalue weighted by atomic mass is 9.78. The Hall–Kier alpha value is -1.75. The highest BCUT2D eigenvalue weighted by molar-refractivity contribution is 5.67. The minimum Gasteiger partial charge on any atom is -0.508 e. The minimum atomic E-state index is -0.554. The summed E-state index contributed by atoms with van der Waals surface area (Å²) in [4.78, 5) is 11.9. The van der Waals surface area contributed by atoms with E-state index < -0.39 is 17.1 Å².